The molecule has 1 aliphatic heterocycles. The van der Waals surface area contributed by atoms with Gasteiger partial charge in [-0.25, -0.2) is 4.57 Å². The maximum atomic E-state index is 10.4. The van der Waals surface area contributed by atoms with Crippen molar-refractivity contribution in [2.75, 3.05) is 13.2 Å². The lowest BCUT2D eigenvalue weighted by Crippen LogP contribution is -2.35. The van der Waals surface area contributed by atoms with Gasteiger partial charge in [-0.05, 0) is 0 Å². The Morgan fingerprint density at radius 3 is 2.13 bits per heavy atom. The zero-order valence-corrected chi connectivity index (χ0v) is 8.53. The summed E-state index contributed by atoms with van der Waals surface area (Å²) in [7, 11) is -4.63. The first kappa shape index (κ1) is 13.0. The van der Waals surface area contributed by atoms with Crippen molar-refractivity contribution in [3.05, 3.63) is 0 Å². The van der Waals surface area contributed by atoms with Gasteiger partial charge in [0.1, 0.15) is 24.4 Å². The van der Waals surface area contributed by atoms with Crippen LogP contribution < -0.4 is 0 Å². The Morgan fingerprint density at radius 2 is 1.73 bits per heavy atom. The molecule has 1 unspecified atom stereocenters. The summed E-state index contributed by atoms with van der Waals surface area (Å²) in [4.78, 5) is 16.8. The maximum Gasteiger partial charge on any atom is 0.469 e. The molecular formula is C6H13O8P. The zero-order valence-electron chi connectivity index (χ0n) is 7.63. The van der Waals surface area contributed by atoms with Crippen LogP contribution in [0.15, 0.2) is 0 Å². The van der Waals surface area contributed by atoms with E-state index >= 15 is 0 Å². The Morgan fingerprint density at radius 1 is 1.20 bits per heavy atom. The molecule has 90 valence electrons. The molecular weight excluding hydrogens is 231 g/mol. The van der Waals surface area contributed by atoms with Crippen LogP contribution in [0, 0.1) is 0 Å². The summed E-state index contributed by atoms with van der Waals surface area (Å²) in [6, 6.07) is 0. The first-order chi connectivity index (χ1) is 6.85. The quantitative estimate of drug-likeness (QED) is 0.344. The predicted octanol–water partition coefficient (Wildman–Crippen LogP) is -2.42. The van der Waals surface area contributed by atoms with E-state index in [1.807, 2.05) is 0 Å². The van der Waals surface area contributed by atoms with E-state index in [2.05, 4.69) is 4.52 Å². The molecule has 1 aliphatic rings. The second-order valence-corrected chi connectivity index (χ2v) is 4.40. The molecule has 5 N–H and O–H groups in total. The van der Waals surface area contributed by atoms with Gasteiger partial charge in [-0.1, -0.05) is 0 Å². The number of phosphoric ester groups is 1. The minimum Gasteiger partial charge on any atom is -0.394 e. The number of aliphatic hydroxyl groups excluding tert-OH is 3. The highest BCUT2D eigenvalue weighted by molar-refractivity contribution is 7.46. The summed E-state index contributed by atoms with van der Waals surface area (Å²) in [5, 5.41) is 27.3. The van der Waals surface area contributed by atoms with Crippen LogP contribution in [0.1, 0.15) is 0 Å². The summed E-state index contributed by atoms with van der Waals surface area (Å²) in [5.41, 5.74) is 0. The summed E-state index contributed by atoms with van der Waals surface area (Å²) < 4.78 is 19.4. The summed E-state index contributed by atoms with van der Waals surface area (Å²) in [5.74, 6) is 0. The Labute approximate surface area is 85.3 Å². The zero-order chi connectivity index (χ0) is 11.6. The summed E-state index contributed by atoms with van der Waals surface area (Å²) in [6.07, 6.45) is -4.66. The Balaban J connectivity index is 2.47. The van der Waals surface area contributed by atoms with Gasteiger partial charge in [0.2, 0.25) is 0 Å². The highest BCUT2D eigenvalue weighted by atomic mass is 31.2. The number of aliphatic hydroxyl groups is 3. The standard InChI is InChI=1S/C6H13O8P/c7-1-3-5(8)6(9)4(14-3)2-13-15(10,11)12/h3-9H,1-2H2,(H2,10,11,12)/t3-,4-,5?,6-/m0/s1. The molecule has 0 aromatic heterocycles. The van der Waals surface area contributed by atoms with Crippen LogP contribution in [0.25, 0.3) is 0 Å². The van der Waals surface area contributed by atoms with Gasteiger partial charge in [0.15, 0.2) is 0 Å². The number of ether oxygens (including phenoxy) is 1. The highest BCUT2D eigenvalue weighted by Gasteiger charge is 2.43. The van der Waals surface area contributed by atoms with E-state index in [4.69, 9.17) is 19.6 Å². The molecule has 1 rings (SSSR count). The van der Waals surface area contributed by atoms with Crippen molar-refractivity contribution in [3.8, 4) is 0 Å². The van der Waals surface area contributed by atoms with Gasteiger partial charge in [-0.3, -0.25) is 4.52 Å². The molecule has 15 heavy (non-hydrogen) atoms. The fourth-order valence-electron chi connectivity index (χ4n) is 1.28. The maximum absolute atomic E-state index is 10.4. The molecule has 0 aromatic rings. The van der Waals surface area contributed by atoms with Gasteiger partial charge in [-0.15, -0.1) is 0 Å². The van der Waals surface area contributed by atoms with Gasteiger partial charge in [0.25, 0.3) is 0 Å². The number of hydrogen-bond donors (Lipinski definition) is 5. The van der Waals surface area contributed by atoms with Crippen LogP contribution in [0.2, 0.25) is 0 Å². The van der Waals surface area contributed by atoms with Crippen LogP contribution in [0.4, 0.5) is 0 Å². The van der Waals surface area contributed by atoms with Gasteiger partial charge < -0.3 is 29.8 Å². The normalized spacial score (nSPS) is 37.1. The van der Waals surface area contributed by atoms with Crippen LogP contribution >= 0.6 is 7.82 Å². The molecule has 0 radical (unpaired) electrons. The van der Waals surface area contributed by atoms with Crippen LogP contribution in [-0.2, 0) is 13.8 Å². The second-order valence-electron chi connectivity index (χ2n) is 3.16. The number of rotatable bonds is 4. The SMILES string of the molecule is O=P(O)(O)OC[C@@H]1O[C@@H](CO)C(O)[C@H]1O. The lowest BCUT2D eigenvalue weighted by atomic mass is 10.1. The predicted molar refractivity (Wildman–Crippen MR) is 45.8 cm³/mol. The Kier molecular flexibility index (Phi) is 4.21. The van der Waals surface area contributed by atoms with E-state index in [1.165, 1.54) is 0 Å². The van der Waals surface area contributed by atoms with Gasteiger partial charge >= 0.3 is 7.82 Å². The molecule has 0 saturated carbocycles. The first-order valence-electron chi connectivity index (χ1n) is 4.17. The van der Waals surface area contributed by atoms with Gasteiger partial charge in [-0.2, -0.15) is 0 Å². The van der Waals surface area contributed by atoms with Crippen molar-refractivity contribution in [3.63, 3.8) is 0 Å². The summed E-state index contributed by atoms with van der Waals surface area (Å²) >= 11 is 0. The highest BCUT2D eigenvalue weighted by Crippen LogP contribution is 2.37. The smallest absolute Gasteiger partial charge is 0.394 e. The molecule has 1 heterocycles. The Hall–Kier alpha value is -0.0500. The Bertz CT molecular complexity index is 252. The van der Waals surface area contributed by atoms with E-state index in [1.54, 1.807) is 0 Å². The first-order valence-corrected chi connectivity index (χ1v) is 5.70. The molecule has 1 saturated heterocycles. The van der Waals surface area contributed by atoms with Crippen molar-refractivity contribution in [1.29, 1.82) is 0 Å². The molecule has 4 atom stereocenters. The number of hydrogen-bond acceptors (Lipinski definition) is 6. The summed E-state index contributed by atoms with van der Waals surface area (Å²) in [6.45, 7) is -1.05. The van der Waals surface area contributed by atoms with Crippen molar-refractivity contribution >= 4 is 7.82 Å². The second kappa shape index (κ2) is 4.86. The van der Waals surface area contributed by atoms with Crippen molar-refractivity contribution < 1.29 is 38.9 Å². The third kappa shape index (κ3) is 3.47. The monoisotopic (exact) mass is 244 g/mol. The fourth-order valence-corrected chi connectivity index (χ4v) is 1.63. The molecule has 0 amide bonds. The van der Waals surface area contributed by atoms with Crippen LogP contribution in [-0.4, -0.2) is 62.7 Å². The van der Waals surface area contributed by atoms with Crippen molar-refractivity contribution in [1.82, 2.24) is 0 Å². The number of phosphoric acid groups is 1. The minimum atomic E-state index is -4.63. The molecule has 9 heteroatoms. The third-order valence-electron chi connectivity index (χ3n) is 2.05. The largest absolute Gasteiger partial charge is 0.469 e. The topological polar surface area (TPSA) is 137 Å². The van der Waals surface area contributed by atoms with E-state index in [0.29, 0.717) is 0 Å². The van der Waals surface area contributed by atoms with Crippen LogP contribution in [0.3, 0.4) is 0 Å². The van der Waals surface area contributed by atoms with Gasteiger partial charge in [0.05, 0.1) is 13.2 Å². The van der Waals surface area contributed by atoms with E-state index in [0.717, 1.165) is 0 Å². The lowest BCUT2D eigenvalue weighted by molar-refractivity contribution is -0.0388. The molecule has 0 aliphatic carbocycles. The average molecular weight is 244 g/mol. The van der Waals surface area contributed by atoms with Gasteiger partial charge in [0, 0.05) is 0 Å². The molecule has 0 aromatic carbocycles. The minimum absolute atomic E-state index is 0.495. The van der Waals surface area contributed by atoms with E-state index < -0.39 is 45.5 Å². The van der Waals surface area contributed by atoms with E-state index in [9.17, 15) is 14.8 Å². The molecule has 0 spiro atoms. The van der Waals surface area contributed by atoms with Crippen molar-refractivity contribution in [2.24, 2.45) is 0 Å². The molecule has 1 fully saturated rings. The lowest BCUT2D eigenvalue weighted by Gasteiger charge is -2.14. The van der Waals surface area contributed by atoms with Crippen LogP contribution in [0.5, 0.6) is 0 Å². The molecule has 8 nitrogen and oxygen atoms in total. The van der Waals surface area contributed by atoms with E-state index in [-0.39, 0.29) is 0 Å². The third-order valence-corrected chi connectivity index (χ3v) is 2.53. The average Bonchev–Trinajstić information content (AvgIpc) is 2.40. The van der Waals surface area contributed by atoms with Crippen molar-refractivity contribution in [2.45, 2.75) is 24.4 Å². The molecule has 0 bridgehead atoms. The fraction of sp³-hybridized carbons (Fsp3) is 1.00.